The van der Waals surface area contributed by atoms with Gasteiger partial charge in [0.25, 0.3) is 0 Å². The Labute approximate surface area is 121 Å². The normalized spacial score (nSPS) is 21.2. The van der Waals surface area contributed by atoms with Crippen LogP contribution in [0.4, 0.5) is 0 Å². The Balaban J connectivity index is 2.42. The number of fused-ring (bicyclic) bond motifs is 1. The number of ketones is 1. The average Bonchev–Trinajstić information content (AvgIpc) is 2.42. The Morgan fingerprint density at radius 2 is 2.25 bits per heavy atom. The van der Waals surface area contributed by atoms with Gasteiger partial charge in [0, 0.05) is 11.0 Å². The Bertz CT molecular complexity index is 557. The summed E-state index contributed by atoms with van der Waals surface area (Å²) in [5, 5.41) is 0. The molecule has 1 aliphatic rings. The Morgan fingerprint density at radius 3 is 2.85 bits per heavy atom. The SMILES string of the molecule is C=CCC1(CC(=C)C)CCc2cc(OC)ccc2C1=O. The average molecular weight is 270 g/mol. The number of carbonyl (C=O) groups excluding carboxylic acids is 1. The summed E-state index contributed by atoms with van der Waals surface area (Å²) in [7, 11) is 1.65. The molecule has 0 heterocycles. The van der Waals surface area contributed by atoms with E-state index in [-0.39, 0.29) is 11.2 Å². The van der Waals surface area contributed by atoms with Crippen LogP contribution in [0.15, 0.2) is 43.0 Å². The molecule has 0 amide bonds. The van der Waals surface area contributed by atoms with Crippen molar-refractivity contribution in [1.82, 2.24) is 0 Å². The molecule has 0 saturated heterocycles. The van der Waals surface area contributed by atoms with Crippen molar-refractivity contribution >= 4 is 5.78 Å². The van der Waals surface area contributed by atoms with E-state index >= 15 is 0 Å². The van der Waals surface area contributed by atoms with Crippen molar-refractivity contribution in [3.8, 4) is 5.75 Å². The van der Waals surface area contributed by atoms with Crippen molar-refractivity contribution in [2.45, 2.75) is 32.6 Å². The third kappa shape index (κ3) is 2.55. The van der Waals surface area contributed by atoms with E-state index in [0.717, 1.165) is 41.7 Å². The number of hydrogen-bond acceptors (Lipinski definition) is 2. The van der Waals surface area contributed by atoms with Crippen LogP contribution < -0.4 is 4.74 Å². The first-order valence-corrected chi connectivity index (χ1v) is 6.99. The molecule has 1 atom stereocenters. The van der Waals surface area contributed by atoms with Gasteiger partial charge in [0.1, 0.15) is 5.75 Å². The predicted molar refractivity (Wildman–Crippen MR) is 82.3 cm³/mol. The lowest BCUT2D eigenvalue weighted by Gasteiger charge is -2.36. The van der Waals surface area contributed by atoms with E-state index in [9.17, 15) is 4.79 Å². The van der Waals surface area contributed by atoms with Crippen LogP contribution in [0.3, 0.4) is 0 Å². The molecule has 0 bridgehead atoms. The van der Waals surface area contributed by atoms with Gasteiger partial charge in [-0.25, -0.2) is 0 Å². The molecule has 0 saturated carbocycles. The van der Waals surface area contributed by atoms with Crippen LogP contribution in [-0.2, 0) is 6.42 Å². The number of allylic oxidation sites excluding steroid dienone is 2. The van der Waals surface area contributed by atoms with Crippen LogP contribution in [0.1, 0.15) is 42.1 Å². The molecule has 0 radical (unpaired) electrons. The number of carbonyl (C=O) groups is 1. The Kier molecular flexibility index (Phi) is 4.12. The summed E-state index contributed by atoms with van der Waals surface area (Å²) >= 11 is 0. The Morgan fingerprint density at radius 1 is 1.50 bits per heavy atom. The Hall–Kier alpha value is -1.83. The predicted octanol–water partition coefficient (Wildman–Crippen LogP) is 4.35. The van der Waals surface area contributed by atoms with E-state index in [4.69, 9.17) is 4.74 Å². The lowest BCUT2D eigenvalue weighted by atomic mass is 9.65. The van der Waals surface area contributed by atoms with Crippen LogP contribution in [-0.4, -0.2) is 12.9 Å². The number of methoxy groups -OCH3 is 1. The van der Waals surface area contributed by atoms with Gasteiger partial charge in [-0.2, -0.15) is 0 Å². The highest BCUT2D eigenvalue weighted by atomic mass is 16.5. The standard InChI is InChI=1S/C18H22O2/c1-5-9-18(12-13(2)3)10-8-14-11-15(20-4)6-7-16(14)17(18)19/h5-7,11H,1-2,8-10,12H2,3-4H3. The summed E-state index contributed by atoms with van der Waals surface area (Å²) in [5.41, 5.74) is 2.63. The molecular weight excluding hydrogens is 248 g/mol. The molecule has 0 N–H and O–H groups in total. The van der Waals surface area contributed by atoms with Crippen molar-refractivity contribution in [1.29, 1.82) is 0 Å². The van der Waals surface area contributed by atoms with Gasteiger partial charge in [-0.3, -0.25) is 4.79 Å². The zero-order valence-corrected chi connectivity index (χ0v) is 12.4. The van der Waals surface area contributed by atoms with Gasteiger partial charge in [-0.15, -0.1) is 13.2 Å². The molecule has 2 nitrogen and oxygen atoms in total. The molecule has 0 spiro atoms. The second kappa shape index (κ2) is 5.66. The van der Waals surface area contributed by atoms with Crippen LogP contribution in [0.2, 0.25) is 0 Å². The second-order valence-electron chi connectivity index (χ2n) is 5.76. The molecule has 0 aromatic heterocycles. The summed E-state index contributed by atoms with van der Waals surface area (Å²) < 4.78 is 5.24. The first-order valence-electron chi connectivity index (χ1n) is 6.99. The molecule has 1 aromatic rings. The first kappa shape index (κ1) is 14.6. The molecule has 1 aliphatic carbocycles. The first-order chi connectivity index (χ1) is 9.52. The lowest BCUT2D eigenvalue weighted by molar-refractivity contribution is 0.0758. The topological polar surface area (TPSA) is 26.3 Å². The number of hydrogen-bond donors (Lipinski definition) is 0. The highest BCUT2D eigenvalue weighted by Gasteiger charge is 2.41. The fraction of sp³-hybridized carbons (Fsp3) is 0.389. The van der Waals surface area contributed by atoms with Crippen molar-refractivity contribution in [3.63, 3.8) is 0 Å². The van der Waals surface area contributed by atoms with Gasteiger partial charge in [0.15, 0.2) is 5.78 Å². The van der Waals surface area contributed by atoms with E-state index < -0.39 is 0 Å². The number of rotatable bonds is 5. The maximum atomic E-state index is 12.9. The maximum absolute atomic E-state index is 12.9. The van der Waals surface area contributed by atoms with Gasteiger partial charge in [0.05, 0.1) is 7.11 Å². The molecule has 1 aromatic carbocycles. The van der Waals surface area contributed by atoms with Gasteiger partial charge in [-0.05, 0) is 56.4 Å². The summed E-state index contributed by atoms with van der Waals surface area (Å²) in [5.74, 6) is 1.04. The highest BCUT2D eigenvalue weighted by Crippen LogP contribution is 2.43. The summed E-state index contributed by atoms with van der Waals surface area (Å²) in [6, 6.07) is 5.74. The minimum Gasteiger partial charge on any atom is -0.497 e. The zero-order chi connectivity index (χ0) is 14.8. The summed E-state index contributed by atoms with van der Waals surface area (Å²) in [6.45, 7) is 9.80. The maximum Gasteiger partial charge on any atom is 0.169 e. The lowest BCUT2D eigenvalue weighted by Crippen LogP contribution is -2.36. The highest BCUT2D eigenvalue weighted by molar-refractivity contribution is 6.03. The van der Waals surface area contributed by atoms with E-state index in [1.54, 1.807) is 7.11 Å². The van der Waals surface area contributed by atoms with Crippen molar-refractivity contribution in [3.05, 3.63) is 54.1 Å². The molecule has 2 rings (SSSR count). The minimum absolute atomic E-state index is 0.226. The molecule has 106 valence electrons. The minimum atomic E-state index is -0.352. The molecule has 0 aliphatic heterocycles. The van der Waals surface area contributed by atoms with Crippen LogP contribution in [0.25, 0.3) is 0 Å². The quantitative estimate of drug-likeness (QED) is 0.743. The fourth-order valence-electron chi connectivity index (χ4n) is 3.19. The number of Topliss-reactive ketones (excluding diaryl/α,β-unsaturated/α-hetero) is 1. The molecule has 1 unspecified atom stereocenters. The van der Waals surface area contributed by atoms with Crippen LogP contribution in [0, 0.1) is 5.41 Å². The van der Waals surface area contributed by atoms with Crippen LogP contribution >= 0.6 is 0 Å². The van der Waals surface area contributed by atoms with E-state index in [1.807, 2.05) is 31.2 Å². The van der Waals surface area contributed by atoms with Gasteiger partial charge in [0.2, 0.25) is 0 Å². The van der Waals surface area contributed by atoms with E-state index in [1.165, 1.54) is 0 Å². The van der Waals surface area contributed by atoms with Gasteiger partial charge in [-0.1, -0.05) is 11.6 Å². The van der Waals surface area contributed by atoms with Crippen molar-refractivity contribution in [2.75, 3.05) is 7.11 Å². The largest absolute Gasteiger partial charge is 0.497 e. The third-order valence-electron chi connectivity index (χ3n) is 4.09. The van der Waals surface area contributed by atoms with E-state index in [2.05, 4.69) is 13.2 Å². The second-order valence-corrected chi connectivity index (χ2v) is 5.76. The zero-order valence-electron chi connectivity index (χ0n) is 12.4. The van der Waals surface area contributed by atoms with Gasteiger partial charge >= 0.3 is 0 Å². The van der Waals surface area contributed by atoms with Crippen molar-refractivity contribution in [2.24, 2.45) is 5.41 Å². The fourth-order valence-corrected chi connectivity index (χ4v) is 3.19. The van der Waals surface area contributed by atoms with Gasteiger partial charge < -0.3 is 4.74 Å². The van der Waals surface area contributed by atoms with Crippen molar-refractivity contribution < 1.29 is 9.53 Å². The number of ether oxygens (including phenoxy) is 1. The number of aryl methyl sites for hydroxylation is 1. The molecule has 0 fully saturated rings. The monoisotopic (exact) mass is 270 g/mol. The molecule has 2 heteroatoms. The third-order valence-corrected chi connectivity index (χ3v) is 4.09. The molecular formula is C18H22O2. The number of benzene rings is 1. The summed E-state index contributed by atoms with van der Waals surface area (Å²) in [4.78, 5) is 12.9. The summed E-state index contributed by atoms with van der Waals surface area (Å²) in [6.07, 6.45) is 5.06. The van der Waals surface area contributed by atoms with Crippen LogP contribution in [0.5, 0.6) is 5.75 Å². The van der Waals surface area contributed by atoms with E-state index in [0.29, 0.717) is 6.42 Å². The molecule has 20 heavy (non-hydrogen) atoms. The smallest absolute Gasteiger partial charge is 0.169 e.